The van der Waals surface area contributed by atoms with Crippen molar-refractivity contribution in [2.45, 2.75) is 0 Å². The number of thiocarbonyl (C=S) groups is 1. The summed E-state index contributed by atoms with van der Waals surface area (Å²) in [6.45, 7) is 0. The van der Waals surface area contributed by atoms with Crippen molar-refractivity contribution in [3.8, 4) is 5.75 Å². The van der Waals surface area contributed by atoms with E-state index in [1.165, 1.54) is 19.2 Å². The lowest BCUT2D eigenvalue weighted by atomic mass is 10.2. The Morgan fingerprint density at radius 3 is 2.86 bits per heavy atom. The summed E-state index contributed by atoms with van der Waals surface area (Å²) < 4.78 is 5.02. The second-order valence-electron chi connectivity index (χ2n) is 2.47. The number of hydrogen-bond acceptors (Lipinski definition) is 4. The van der Waals surface area contributed by atoms with E-state index >= 15 is 0 Å². The van der Waals surface area contributed by atoms with Crippen LogP contribution in [0.15, 0.2) is 23.4 Å². The van der Waals surface area contributed by atoms with Crippen LogP contribution in [0.3, 0.4) is 0 Å². The summed E-state index contributed by atoms with van der Waals surface area (Å²) in [6, 6.07) is 4.65. The van der Waals surface area contributed by atoms with Gasteiger partial charge in [0, 0.05) is 0 Å². The van der Waals surface area contributed by atoms with Gasteiger partial charge in [-0.05, 0) is 35.6 Å². The highest BCUT2D eigenvalue weighted by atomic mass is 32.1. The van der Waals surface area contributed by atoms with Gasteiger partial charge in [-0.15, -0.1) is 4.91 Å². The molecule has 0 aliphatic rings. The van der Waals surface area contributed by atoms with Gasteiger partial charge >= 0.3 is 0 Å². The Bertz CT molecular complexity index is 368. The summed E-state index contributed by atoms with van der Waals surface area (Å²) in [5.74, 6) is 0.546. The minimum absolute atomic E-state index is 0.103. The minimum atomic E-state index is 0.103. The number of benzene rings is 1. The average molecular weight is 211 g/mol. The first kappa shape index (κ1) is 10.4. The lowest BCUT2D eigenvalue weighted by Crippen LogP contribution is -2.19. The van der Waals surface area contributed by atoms with E-state index in [4.69, 9.17) is 10.5 Å². The second-order valence-corrected chi connectivity index (χ2v) is 2.90. The lowest BCUT2D eigenvalue weighted by molar-refractivity contribution is 0.417. The van der Waals surface area contributed by atoms with Crippen molar-refractivity contribution in [3.05, 3.63) is 23.1 Å². The molecule has 0 saturated heterocycles. The van der Waals surface area contributed by atoms with Crippen LogP contribution in [0.1, 0.15) is 0 Å². The summed E-state index contributed by atoms with van der Waals surface area (Å²) in [5.41, 5.74) is 6.10. The molecule has 3 N–H and O–H groups in total. The van der Waals surface area contributed by atoms with E-state index in [1.807, 2.05) is 0 Å². The number of nitrogens with zero attached hydrogens (tertiary/aromatic N) is 1. The van der Waals surface area contributed by atoms with Crippen LogP contribution in [0.25, 0.3) is 0 Å². The van der Waals surface area contributed by atoms with Gasteiger partial charge in [0.25, 0.3) is 0 Å². The van der Waals surface area contributed by atoms with Crippen molar-refractivity contribution >= 4 is 28.7 Å². The van der Waals surface area contributed by atoms with Crippen LogP contribution in [0.2, 0.25) is 0 Å². The number of ether oxygens (including phenoxy) is 1. The molecule has 6 heteroatoms. The largest absolute Gasteiger partial charge is 0.495 e. The first-order chi connectivity index (χ1) is 6.67. The van der Waals surface area contributed by atoms with Gasteiger partial charge in [-0.25, -0.2) is 0 Å². The molecule has 0 spiro atoms. The summed E-state index contributed by atoms with van der Waals surface area (Å²) in [6.07, 6.45) is 0. The molecule has 1 aromatic carbocycles. The van der Waals surface area contributed by atoms with Crippen LogP contribution < -0.4 is 15.8 Å². The maximum absolute atomic E-state index is 10.3. The summed E-state index contributed by atoms with van der Waals surface area (Å²) in [7, 11) is 1.51. The van der Waals surface area contributed by atoms with E-state index in [0.29, 0.717) is 11.4 Å². The predicted octanol–water partition coefficient (Wildman–Crippen LogP) is 1.75. The van der Waals surface area contributed by atoms with Crippen molar-refractivity contribution in [1.29, 1.82) is 0 Å². The van der Waals surface area contributed by atoms with Gasteiger partial charge in [0.2, 0.25) is 0 Å². The summed E-state index contributed by atoms with van der Waals surface area (Å²) in [5, 5.41) is 5.57. The van der Waals surface area contributed by atoms with Crippen LogP contribution in [-0.2, 0) is 0 Å². The Morgan fingerprint density at radius 2 is 2.36 bits per heavy atom. The number of nitrogens with two attached hydrogens (primary N) is 1. The zero-order chi connectivity index (χ0) is 10.6. The molecule has 14 heavy (non-hydrogen) atoms. The molecule has 0 aliphatic carbocycles. The molecular weight excluding hydrogens is 202 g/mol. The Labute approximate surface area is 86.2 Å². The number of methoxy groups -OCH3 is 1. The van der Waals surface area contributed by atoms with Crippen molar-refractivity contribution in [3.63, 3.8) is 0 Å². The van der Waals surface area contributed by atoms with Crippen LogP contribution in [-0.4, -0.2) is 12.2 Å². The van der Waals surface area contributed by atoms with E-state index in [2.05, 4.69) is 22.7 Å². The summed E-state index contributed by atoms with van der Waals surface area (Å²) >= 11 is 4.67. The molecule has 0 amide bonds. The number of nitrogens with one attached hydrogen (secondary N) is 1. The van der Waals surface area contributed by atoms with Crippen molar-refractivity contribution in [2.24, 2.45) is 10.9 Å². The topological polar surface area (TPSA) is 76.7 Å². The summed E-state index contributed by atoms with van der Waals surface area (Å²) in [4.78, 5) is 10.3. The molecule has 0 aliphatic heterocycles. The molecular formula is C8H9N3O2S. The highest BCUT2D eigenvalue weighted by Crippen LogP contribution is 2.28. The van der Waals surface area contributed by atoms with Crippen LogP contribution in [0.4, 0.5) is 11.4 Å². The SMILES string of the molecule is COc1ccc(N=O)cc1NC(N)=S. The molecule has 0 aromatic heterocycles. The van der Waals surface area contributed by atoms with E-state index in [0.717, 1.165) is 0 Å². The van der Waals surface area contributed by atoms with E-state index in [1.54, 1.807) is 6.07 Å². The van der Waals surface area contributed by atoms with E-state index in [-0.39, 0.29) is 10.8 Å². The normalized spacial score (nSPS) is 9.21. The van der Waals surface area contributed by atoms with Crippen LogP contribution in [0.5, 0.6) is 5.75 Å². The molecule has 0 fully saturated rings. The third-order valence-electron chi connectivity index (χ3n) is 1.55. The molecule has 1 aromatic rings. The molecule has 0 unspecified atom stereocenters. The molecule has 5 nitrogen and oxygen atoms in total. The Hall–Kier alpha value is -1.69. The number of anilines is 1. The minimum Gasteiger partial charge on any atom is -0.495 e. The molecule has 0 bridgehead atoms. The fourth-order valence-electron chi connectivity index (χ4n) is 0.983. The van der Waals surface area contributed by atoms with E-state index < -0.39 is 0 Å². The number of rotatable bonds is 3. The molecule has 0 heterocycles. The van der Waals surface area contributed by atoms with Gasteiger partial charge in [-0.2, -0.15) is 0 Å². The number of hydrogen-bond donors (Lipinski definition) is 2. The van der Waals surface area contributed by atoms with Crippen LogP contribution in [0, 0.1) is 4.91 Å². The van der Waals surface area contributed by atoms with Crippen LogP contribution >= 0.6 is 12.2 Å². The van der Waals surface area contributed by atoms with Gasteiger partial charge in [0.1, 0.15) is 11.4 Å². The number of nitroso groups, excluding NO2 is 1. The van der Waals surface area contributed by atoms with Gasteiger partial charge in [-0.1, -0.05) is 0 Å². The van der Waals surface area contributed by atoms with Gasteiger partial charge in [0.15, 0.2) is 5.11 Å². The molecule has 1 rings (SSSR count). The first-order valence-electron chi connectivity index (χ1n) is 3.75. The molecule has 0 atom stereocenters. The highest BCUT2D eigenvalue weighted by molar-refractivity contribution is 7.80. The molecule has 0 radical (unpaired) electrons. The third kappa shape index (κ3) is 2.40. The average Bonchev–Trinajstić information content (AvgIpc) is 2.16. The zero-order valence-corrected chi connectivity index (χ0v) is 8.30. The smallest absolute Gasteiger partial charge is 0.168 e. The fourth-order valence-corrected chi connectivity index (χ4v) is 1.09. The maximum atomic E-state index is 10.3. The Balaban J connectivity index is 3.07. The Kier molecular flexibility index (Phi) is 3.35. The lowest BCUT2D eigenvalue weighted by Gasteiger charge is -2.09. The quantitative estimate of drug-likeness (QED) is 0.588. The predicted molar refractivity (Wildman–Crippen MR) is 58.9 cm³/mol. The molecule has 74 valence electrons. The first-order valence-corrected chi connectivity index (χ1v) is 4.16. The van der Waals surface area contributed by atoms with Gasteiger partial charge in [0.05, 0.1) is 12.8 Å². The van der Waals surface area contributed by atoms with Crippen molar-refractivity contribution in [1.82, 2.24) is 0 Å². The molecule has 0 saturated carbocycles. The Morgan fingerprint density at radius 1 is 1.64 bits per heavy atom. The fraction of sp³-hybridized carbons (Fsp3) is 0.125. The van der Waals surface area contributed by atoms with E-state index in [9.17, 15) is 4.91 Å². The van der Waals surface area contributed by atoms with Crippen molar-refractivity contribution in [2.75, 3.05) is 12.4 Å². The zero-order valence-electron chi connectivity index (χ0n) is 7.48. The van der Waals surface area contributed by atoms with Gasteiger partial charge < -0.3 is 15.8 Å². The highest BCUT2D eigenvalue weighted by Gasteiger charge is 2.04. The van der Waals surface area contributed by atoms with Gasteiger partial charge in [-0.3, -0.25) is 0 Å². The third-order valence-corrected chi connectivity index (χ3v) is 1.65. The monoisotopic (exact) mass is 211 g/mol. The second kappa shape index (κ2) is 4.52. The van der Waals surface area contributed by atoms with Crippen molar-refractivity contribution < 1.29 is 4.74 Å². The maximum Gasteiger partial charge on any atom is 0.168 e. The standard InChI is InChI=1S/C8H9N3O2S/c1-13-7-3-2-5(11-12)4-6(7)10-8(9)14/h2-4H,1H3,(H3,9,10,14).